The van der Waals surface area contributed by atoms with Gasteiger partial charge in [0.15, 0.2) is 5.69 Å². The van der Waals surface area contributed by atoms with Crippen molar-refractivity contribution in [3.63, 3.8) is 0 Å². The van der Waals surface area contributed by atoms with Crippen LogP contribution < -0.4 is 10.6 Å². The summed E-state index contributed by atoms with van der Waals surface area (Å²) in [6.45, 7) is 6.05. The second-order valence-corrected chi connectivity index (χ2v) is 10.6. The molecule has 3 heterocycles. The third-order valence-corrected chi connectivity index (χ3v) is 7.43. The van der Waals surface area contributed by atoms with Gasteiger partial charge < -0.3 is 25.3 Å². The lowest BCUT2D eigenvalue weighted by Gasteiger charge is -2.32. The maximum atomic E-state index is 13.3. The van der Waals surface area contributed by atoms with Gasteiger partial charge in [0, 0.05) is 76.2 Å². The van der Waals surface area contributed by atoms with E-state index in [0.29, 0.717) is 48.8 Å². The second-order valence-electron chi connectivity index (χ2n) is 10.6. The Labute approximate surface area is 245 Å². The van der Waals surface area contributed by atoms with Gasteiger partial charge in [-0.1, -0.05) is 18.2 Å². The Morgan fingerprint density at radius 1 is 0.952 bits per heavy atom. The number of aryl methyl sites for hydroxylation is 1. The highest BCUT2D eigenvalue weighted by Gasteiger charge is 2.20. The van der Waals surface area contributed by atoms with Gasteiger partial charge in [0.05, 0.1) is 16.8 Å². The highest BCUT2D eigenvalue weighted by molar-refractivity contribution is 6.06. The normalized spacial score (nSPS) is 13.7. The van der Waals surface area contributed by atoms with Crippen LogP contribution in [0.5, 0.6) is 0 Å². The Morgan fingerprint density at radius 2 is 1.69 bits per heavy atom. The van der Waals surface area contributed by atoms with Crippen LogP contribution in [0, 0.1) is 0 Å². The number of nitrogens with zero attached hydrogens (tertiary/aromatic N) is 6. The average molecular weight is 569 g/mol. The standard InChI is InChI=1S/C31H36N8O3/c1-5-39-27-13-9-22(26-12-8-23(20-32-26)30(41)36(2)3)18-25(27)28(35-39)29(40)33-19-21-6-10-24(11-7-21)34-31(42)38-16-14-37(4)15-17-38/h6-13,18,20H,5,14-17,19H2,1-4H3,(H,33,40)(H,34,42). The fourth-order valence-electron chi connectivity index (χ4n) is 4.88. The molecule has 2 aromatic carbocycles. The monoisotopic (exact) mass is 568 g/mol. The summed E-state index contributed by atoms with van der Waals surface area (Å²) < 4.78 is 1.80. The van der Waals surface area contributed by atoms with Gasteiger partial charge in [0.25, 0.3) is 11.8 Å². The van der Waals surface area contributed by atoms with Crippen molar-refractivity contribution in [3.8, 4) is 11.3 Å². The molecule has 1 aliphatic rings. The number of hydrogen-bond donors (Lipinski definition) is 2. The molecule has 0 bridgehead atoms. The van der Waals surface area contributed by atoms with Crippen molar-refractivity contribution in [3.05, 3.63) is 77.6 Å². The van der Waals surface area contributed by atoms with E-state index in [-0.39, 0.29) is 17.8 Å². The fraction of sp³-hybridized carbons (Fsp3) is 0.323. The Kier molecular flexibility index (Phi) is 8.48. The summed E-state index contributed by atoms with van der Waals surface area (Å²) in [7, 11) is 5.45. The molecule has 0 saturated carbocycles. The van der Waals surface area contributed by atoms with Crippen molar-refractivity contribution >= 4 is 34.4 Å². The van der Waals surface area contributed by atoms with Crippen molar-refractivity contribution in [1.29, 1.82) is 0 Å². The van der Waals surface area contributed by atoms with Gasteiger partial charge in [-0.05, 0) is 55.9 Å². The molecule has 11 nitrogen and oxygen atoms in total. The average Bonchev–Trinajstić information content (AvgIpc) is 3.38. The summed E-state index contributed by atoms with van der Waals surface area (Å²) in [5.41, 5.74) is 4.83. The maximum absolute atomic E-state index is 13.3. The first-order chi connectivity index (χ1) is 20.2. The van der Waals surface area contributed by atoms with E-state index < -0.39 is 0 Å². The number of likely N-dealkylation sites (N-methyl/N-ethyl adjacent to an activating group) is 1. The van der Waals surface area contributed by atoms with E-state index in [2.05, 4.69) is 32.7 Å². The van der Waals surface area contributed by atoms with Gasteiger partial charge in [0.1, 0.15) is 0 Å². The number of rotatable bonds is 7. The van der Waals surface area contributed by atoms with E-state index in [1.807, 2.05) is 54.3 Å². The van der Waals surface area contributed by atoms with E-state index in [4.69, 9.17) is 0 Å². The third-order valence-electron chi connectivity index (χ3n) is 7.43. The van der Waals surface area contributed by atoms with E-state index in [1.165, 1.54) is 4.90 Å². The zero-order chi connectivity index (χ0) is 29.8. The van der Waals surface area contributed by atoms with Gasteiger partial charge in [-0.15, -0.1) is 0 Å². The number of fused-ring (bicyclic) bond motifs is 1. The van der Waals surface area contributed by atoms with Crippen LogP contribution in [0.1, 0.15) is 33.3 Å². The van der Waals surface area contributed by atoms with E-state index >= 15 is 0 Å². The highest BCUT2D eigenvalue weighted by Crippen LogP contribution is 2.26. The number of nitrogens with one attached hydrogen (secondary N) is 2. The van der Waals surface area contributed by atoms with Crippen LogP contribution in [0.2, 0.25) is 0 Å². The molecule has 2 aromatic heterocycles. The molecule has 11 heteroatoms. The summed E-state index contributed by atoms with van der Waals surface area (Å²) in [5, 5.41) is 11.2. The number of urea groups is 1. The fourth-order valence-corrected chi connectivity index (χ4v) is 4.88. The summed E-state index contributed by atoms with van der Waals surface area (Å²) in [6, 6.07) is 16.7. The van der Waals surface area contributed by atoms with Crippen molar-refractivity contribution in [2.45, 2.75) is 20.0 Å². The maximum Gasteiger partial charge on any atom is 0.321 e. The number of benzene rings is 2. The first-order valence-electron chi connectivity index (χ1n) is 14.0. The minimum Gasteiger partial charge on any atom is -0.347 e. The Bertz CT molecular complexity index is 1590. The van der Waals surface area contributed by atoms with E-state index in [0.717, 1.165) is 35.1 Å². The number of piperazine rings is 1. The quantitative estimate of drug-likeness (QED) is 0.353. The SMILES string of the molecule is CCn1nc(C(=O)NCc2ccc(NC(=O)N3CCN(C)CC3)cc2)c2cc(-c3ccc(C(=O)N(C)C)cn3)ccc21. The molecule has 1 aliphatic heterocycles. The summed E-state index contributed by atoms with van der Waals surface area (Å²) in [6.07, 6.45) is 1.56. The third kappa shape index (κ3) is 6.26. The molecule has 4 amide bonds. The van der Waals surface area contributed by atoms with Crippen LogP contribution in [0.4, 0.5) is 10.5 Å². The lowest BCUT2D eigenvalue weighted by atomic mass is 10.1. The number of aromatic nitrogens is 3. The Hall–Kier alpha value is -4.77. The first-order valence-corrected chi connectivity index (χ1v) is 14.0. The molecule has 1 saturated heterocycles. The molecule has 218 valence electrons. The molecule has 2 N–H and O–H groups in total. The molecule has 4 aromatic rings. The molecule has 42 heavy (non-hydrogen) atoms. The van der Waals surface area contributed by atoms with E-state index in [9.17, 15) is 14.4 Å². The summed E-state index contributed by atoms with van der Waals surface area (Å²) >= 11 is 0. The number of pyridine rings is 1. The molecule has 0 unspecified atom stereocenters. The van der Waals surface area contributed by atoms with Crippen LogP contribution >= 0.6 is 0 Å². The van der Waals surface area contributed by atoms with Gasteiger partial charge in [0.2, 0.25) is 0 Å². The summed E-state index contributed by atoms with van der Waals surface area (Å²) in [5.74, 6) is -0.394. The minimum absolute atomic E-state index is 0.102. The highest BCUT2D eigenvalue weighted by atomic mass is 16.2. The van der Waals surface area contributed by atoms with Gasteiger partial charge in [-0.3, -0.25) is 19.3 Å². The molecule has 1 fully saturated rings. The van der Waals surface area contributed by atoms with Crippen LogP contribution in [0.15, 0.2) is 60.8 Å². The van der Waals surface area contributed by atoms with Gasteiger partial charge in [-0.25, -0.2) is 4.79 Å². The van der Waals surface area contributed by atoms with Crippen LogP contribution in [0.25, 0.3) is 22.2 Å². The van der Waals surface area contributed by atoms with Gasteiger partial charge >= 0.3 is 6.03 Å². The smallest absolute Gasteiger partial charge is 0.321 e. The molecule has 5 rings (SSSR count). The lowest BCUT2D eigenvalue weighted by Crippen LogP contribution is -2.48. The van der Waals surface area contributed by atoms with Crippen LogP contribution in [-0.2, 0) is 13.1 Å². The number of amides is 4. The Balaban J connectivity index is 1.27. The molecular weight excluding hydrogens is 532 g/mol. The number of hydrogen-bond acceptors (Lipinski definition) is 6. The zero-order valence-corrected chi connectivity index (χ0v) is 24.4. The molecule has 0 radical (unpaired) electrons. The number of carbonyl (C=O) groups is 3. The van der Waals surface area contributed by atoms with Crippen molar-refractivity contribution in [2.24, 2.45) is 0 Å². The molecular formula is C31H36N8O3. The predicted octanol–water partition coefficient (Wildman–Crippen LogP) is 3.53. The van der Waals surface area contributed by atoms with Crippen LogP contribution in [-0.4, -0.2) is 94.6 Å². The zero-order valence-electron chi connectivity index (χ0n) is 24.4. The summed E-state index contributed by atoms with van der Waals surface area (Å²) in [4.78, 5) is 48.1. The lowest BCUT2D eigenvalue weighted by molar-refractivity contribution is 0.0826. The number of anilines is 1. The predicted molar refractivity (Wildman–Crippen MR) is 162 cm³/mol. The molecule has 0 spiro atoms. The second kappa shape index (κ2) is 12.4. The first kappa shape index (κ1) is 28.7. The van der Waals surface area contributed by atoms with Crippen molar-refractivity contribution in [1.82, 2.24) is 34.8 Å². The molecule has 0 atom stereocenters. The minimum atomic E-state index is -0.281. The van der Waals surface area contributed by atoms with Crippen molar-refractivity contribution < 1.29 is 14.4 Å². The number of carbonyl (C=O) groups excluding carboxylic acids is 3. The van der Waals surface area contributed by atoms with Crippen molar-refractivity contribution in [2.75, 3.05) is 52.6 Å². The topological polar surface area (TPSA) is 116 Å². The largest absolute Gasteiger partial charge is 0.347 e. The van der Waals surface area contributed by atoms with Gasteiger partial charge in [-0.2, -0.15) is 5.10 Å². The molecule has 0 aliphatic carbocycles. The Morgan fingerprint density at radius 3 is 2.33 bits per heavy atom. The van der Waals surface area contributed by atoms with Crippen LogP contribution in [0.3, 0.4) is 0 Å². The van der Waals surface area contributed by atoms with E-state index in [1.54, 1.807) is 37.1 Å².